The molecule has 1 heterocycles. The average Bonchev–Trinajstić information content (AvgIpc) is 2.47. The third-order valence-electron chi connectivity index (χ3n) is 3.75. The standard InChI is InChI=1S/C18H14ClNO2/c1-10-6-8-12(9-7-10)16-11(2)15(18(21)22)13-4-3-5-14(19)17(13)20-16/h3-9H,1-2H3,(H,21,22). The average molecular weight is 312 g/mol. The lowest BCUT2D eigenvalue weighted by atomic mass is 9.97. The van der Waals surface area contributed by atoms with Crippen molar-refractivity contribution in [1.29, 1.82) is 0 Å². The second-order valence-electron chi connectivity index (χ2n) is 5.27. The van der Waals surface area contributed by atoms with Gasteiger partial charge in [0, 0.05) is 10.9 Å². The van der Waals surface area contributed by atoms with E-state index in [9.17, 15) is 9.90 Å². The van der Waals surface area contributed by atoms with Crippen molar-refractivity contribution in [2.24, 2.45) is 0 Å². The van der Waals surface area contributed by atoms with Gasteiger partial charge in [0.1, 0.15) is 0 Å². The van der Waals surface area contributed by atoms with Crippen LogP contribution < -0.4 is 0 Å². The van der Waals surface area contributed by atoms with Gasteiger partial charge in [-0.1, -0.05) is 53.6 Å². The fraction of sp³-hybridized carbons (Fsp3) is 0.111. The number of aromatic nitrogens is 1. The highest BCUT2D eigenvalue weighted by Gasteiger charge is 2.19. The molecule has 0 bridgehead atoms. The minimum Gasteiger partial charge on any atom is -0.478 e. The van der Waals surface area contributed by atoms with E-state index in [0.717, 1.165) is 11.1 Å². The summed E-state index contributed by atoms with van der Waals surface area (Å²) in [4.78, 5) is 16.3. The fourth-order valence-electron chi connectivity index (χ4n) is 2.61. The molecular weight excluding hydrogens is 298 g/mol. The number of nitrogens with zero attached hydrogens (tertiary/aromatic N) is 1. The molecule has 3 nitrogen and oxygen atoms in total. The van der Waals surface area contributed by atoms with E-state index in [0.29, 0.717) is 27.2 Å². The first kappa shape index (κ1) is 14.5. The SMILES string of the molecule is Cc1ccc(-c2nc3c(Cl)cccc3c(C(=O)O)c2C)cc1. The zero-order chi connectivity index (χ0) is 15.9. The summed E-state index contributed by atoms with van der Waals surface area (Å²) in [6, 6.07) is 13.0. The van der Waals surface area contributed by atoms with Gasteiger partial charge in [-0.05, 0) is 25.5 Å². The molecule has 0 aliphatic carbocycles. The van der Waals surface area contributed by atoms with Crippen LogP contribution in [0.3, 0.4) is 0 Å². The van der Waals surface area contributed by atoms with Gasteiger partial charge in [0.05, 0.1) is 21.8 Å². The van der Waals surface area contributed by atoms with Crippen molar-refractivity contribution in [1.82, 2.24) is 4.98 Å². The van der Waals surface area contributed by atoms with Crippen LogP contribution in [0.25, 0.3) is 22.2 Å². The molecule has 110 valence electrons. The highest BCUT2D eigenvalue weighted by Crippen LogP contribution is 2.32. The number of pyridine rings is 1. The van der Waals surface area contributed by atoms with Gasteiger partial charge in [0.2, 0.25) is 0 Å². The second kappa shape index (κ2) is 5.43. The maximum absolute atomic E-state index is 11.7. The Hall–Kier alpha value is -2.39. The molecular formula is C18H14ClNO2. The molecule has 0 atom stereocenters. The van der Waals surface area contributed by atoms with Crippen LogP contribution >= 0.6 is 11.6 Å². The van der Waals surface area contributed by atoms with E-state index in [1.807, 2.05) is 31.2 Å². The zero-order valence-electron chi connectivity index (χ0n) is 12.2. The molecule has 0 amide bonds. The van der Waals surface area contributed by atoms with Gasteiger partial charge in [-0.2, -0.15) is 0 Å². The number of hydrogen-bond donors (Lipinski definition) is 1. The number of aryl methyl sites for hydroxylation is 1. The van der Waals surface area contributed by atoms with Crippen molar-refractivity contribution in [3.8, 4) is 11.3 Å². The van der Waals surface area contributed by atoms with Crippen molar-refractivity contribution in [2.75, 3.05) is 0 Å². The summed E-state index contributed by atoms with van der Waals surface area (Å²) < 4.78 is 0. The van der Waals surface area contributed by atoms with Crippen molar-refractivity contribution in [2.45, 2.75) is 13.8 Å². The quantitative estimate of drug-likeness (QED) is 0.734. The number of carboxylic acid groups (broad SMARTS) is 1. The molecule has 4 heteroatoms. The van der Waals surface area contributed by atoms with Gasteiger partial charge in [-0.25, -0.2) is 9.78 Å². The summed E-state index contributed by atoms with van der Waals surface area (Å²) in [7, 11) is 0. The van der Waals surface area contributed by atoms with Gasteiger partial charge in [-0.15, -0.1) is 0 Å². The van der Waals surface area contributed by atoms with Crippen LogP contribution in [-0.2, 0) is 0 Å². The topological polar surface area (TPSA) is 50.2 Å². The van der Waals surface area contributed by atoms with Crippen molar-refractivity contribution >= 4 is 28.5 Å². The maximum Gasteiger partial charge on any atom is 0.336 e. The Morgan fingerprint density at radius 3 is 2.41 bits per heavy atom. The summed E-state index contributed by atoms with van der Waals surface area (Å²) >= 11 is 6.22. The molecule has 3 rings (SSSR count). The number of halogens is 1. The number of hydrogen-bond acceptors (Lipinski definition) is 2. The van der Waals surface area contributed by atoms with Crippen LogP contribution in [0.15, 0.2) is 42.5 Å². The van der Waals surface area contributed by atoms with Crippen LogP contribution in [0.2, 0.25) is 5.02 Å². The number of aromatic carboxylic acids is 1. The lowest BCUT2D eigenvalue weighted by molar-refractivity contribution is 0.0698. The Labute approximate surface area is 133 Å². The van der Waals surface area contributed by atoms with Crippen LogP contribution in [-0.4, -0.2) is 16.1 Å². The molecule has 0 radical (unpaired) electrons. The predicted octanol–water partition coefficient (Wildman–Crippen LogP) is 4.87. The van der Waals surface area contributed by atoms with Crippen LogP contribution in [0.1, 0.15) is 21.5 Å². The number of para-hydroxylation sites is 1. The highest BCUT2D eigenvalue weighted by atomic mass is 35.5. The molecule has 3 aromatic rings. The number of carboxylic acids is 1. The molecule has 0 fully saturated rings. The number of fused-ring (bicyclic) bond motifs is 1. The predicted molar refractivity (Wildman–Crippen MR) is 88.6 cm³/mol. The number of benzene rings is 2. The third kappa shape index (κ3) is 2.34. The summed E-state index contributed by atoms with van der Waals surface area (Å²) in [6.07, 6.45) is 0. The van der Waals surface area contributed by atoms with Crippen LogP contribution in [0, 0.1) is 13.8 Å². The van der Waals surface area contributed by atoms with Gasteiger partial charge >= 0.3 is 5.97 Å². The first-order valence-electron chi connectivity index (χ1n) is 6.88. The third-order valence-corrected chi connectivity index (χ3v) is 4.05. The van der Waals surface area contributed by atoms with Crippen LogP contribution in [0.4, 0.5) is 0 Å². The smallest absolute Gasteiger partial charge is 0.336 e. The molecule has 2 aromatic carbocycles. The molecule has 0 spiro atoms. The zero-order valence-corrected chi connectivity index (χ0v) is 13.0. The van der Waals surface area contributed by atoms with Gasteiger partial charge in [0.25, 0.3) is 0 Å². The summed E-state index contributed by atoms with van der Waals surface area (Å²) in [5.74, 6) is -0.972. The Balaban J connectivity index is 2.41. The van der Waals surface area contributed by atoms with Gasteiger partial charge < -0.3 is 5.11 Å². The summed E-state index contributed by atoms with van der Waals surface area (Å²) in [5.41, 5.74) is 4.08. The number of carbonyl (C=O) groups is 1. The molecule has 0 unspecified atom stereocenters. The first-order chi connectivity index (χ1) is 10.5. The molecule has 22 heavy (non-hydrogen) atoms. The maximum atomic E-state index is 11.7. The van der Waals surface area contributed by atoms with E-state index in [1.165, 1.54) is 0 Å². The molecule has 1 N–H and O–H groups in total. The number of rotatable bonds is 2. The summed E-state index contributed by atoms with van der Waals surface area (Å²) in [6.45, 7) is 3.79. The van der Waals surface area contributed by atoms with E-state index in [4.69, 9.17) is 11.6 Å². The van der Waals surface area contributed by atoms with Crippen molar-refractivity contribution < 1.29 is 9.90 Å². The van der Waals surface area contributed by atoms with E-state index in [1.54, 1.807) is 25.1 Å². The second-order valence-corrected chi connectivity index (χ2v) is 5.67. The minimum atomic E-state index is -0.972. The monoisotopic (exact) mass is 311 g/mol. The Morgan fingerprint density at radius 1 is 1.09 bits per heavy atom. The molecule has 0 aliphatic heterocycles. The summed E-state index contributed by atoms with van der Waals surface area (Å²) in [5, 5.41) is 10.6. The largest absolute Gasteiger partial charge is 0.478 e. The fourth-order valence-corrected chi connectivity index (χ4v) is 2.83. The van der Waals surface area contributed by atoms with E-state index in [-0.39, 0.29) is 5.56 Å². The van der Waals surface area contributed by atoms with Crippen molar-refractivity contribution in [3.05, 3.63) is 64.2 Å². The minimum absolute atomic E-state index is 0.253. The molecule has 0 saturated heterocycles. The normalized spacial score (nSPS) is 10.9. The molecule has 0 saturated carbocycles. The molecule has 0 aliphatic rings. The van der Waals surface area contributed by atoms with E-state index < -0.39 is 5.97 Å². The van der Waals surface area contributed by atoms with Crippen LogP contribution in [0.5, 0.6) is 0 Å². The first-order valence-corrected chi connectivity index (χ1v) is 7.26. The van der Waals surface area contributed by atoms with Crippen molar-refractivity contribution in [3.63, 3.8) is 0 Å². The van der Waals surface area contributed by atoms with E-state index >= 15 is 0 Å². The Bertz CT molecular complexity index is 886. The van der Waals surface area contributed by atoms with E-state index in [2.05, 4.69) is 4.98 Å². The highest BCUT2D eigenvalue weighted by molar-refractivity contribution is 6.35. The molecule has 1 aromatic heterocycles. The van der Waals surface area contributed by atoms with Gasteiger partial charge in [0.15, 0.2) is 0 Å². The van der Waals surface area contributed by atoms with Gasteiger partial charge in [-0.3, -0.25) is 0 Å². The lowest BCUT2D eigenvalue weighted by Crippen LogP contribution is -2.05. The Morgan fingerprint density at radius 2 is 1.77 bits per heavy atom. The Kier molecular flexibility index (Phi) is 3.59. The lowest BCUT2D eigenvalue weighted by Gasteiger charge is -2.13.